The van der Waals surface area contributed by atoms with Gasteiger partial charge in [0.05, 0.1) is 12.6 Å². The van der Waals surface area contributed by atoms with Crippen LogP contribution in [0, 0.1) is 0 Å². The molecule has 110 valence electrons. The normalized spacial score (nSPS) is 19.8. The van der Waals surface area contributed by atoms with Gasteiger partial charge in [-0.1, -0.05) is 30.3 Å². The van der Waals surface area contributed by atoms with Crippen LogP contribution in [0.1, 0.15) is 18.4 Å². The molecule has 0 bridgehead atoms. The number of methoxy groups -OCH3 is 1. The molecule has 0 aliphatic carbocycles. The molecule has 1 amide bonds. The summed E-state index contributed by atoms with van der Waals surface area (Å²) in [6.07, 6.45) is 2.32. The van der Waals surface area contributed by atoms with Crippen LogP contribution in [0.5, 0.6) is 0 Å². The third-order valence-electron chi connectivity index (χ3n) is 3.77. The van der Waals surface area contributed by atoms with Gasteiger partial charge in [-0.3, -0.25) is 4.79 Å². The number of carbonyl (C=O) groups excluding carboxylic acids is 1. The molecular formula is C16H23NO3. The average molecular weight is 277 g/mol. The summed E-state index contributed by atoms with van der Waals surface area (Å²) in [5.74, 6) is 0.0699. The minimum absolute atomic E-state index is 0.0408. The lowest BCUT2D eigenvalue weighted by molar-refractivity contribution is -0.142. The zero-order valence-electron chi connectivity index (χ0n) is 12.2. The Kier molecular flexibility index (Phi) is 5.56. The number of ether oxygens (including phenoxy) is 2. The standard InChI is InChI=1S/C16H23NO3/c1-17(16(18)15-9-6-10-20-15)14(12-19-2)11-13-7-4-3-5-8-13/h3-5,7-8,14-15H,6,9-12H2,1-2H3/t14-,15-/m0/s1. The summed E-state index contributed by atoms with van der Waals surface area (Å²) >= 11 is 0. The topological polar surface area (TPSA) is 38.8 Å². The maximum absolute atomic E-state index is 12.4. The number of likely N-dealkylation sites (N-methyl/N-ethyl adjacent to an activating group) is 1. The van der Waals surface area contributed by atoms with Crippen LogP contribution in [0.2, 0.25) is 0 Å². The second kappa shape index (κ2) is 7.41. The van der Waals surface area contributed by atoms with Crippen molar-refractivity contribution in [2.24, 2.45) is 0 Å². The molecule has 1 aliphatic heterocycles. The Balaban J connectivity index is 2.01. The first kappa shape index (κ1) is 15.0. The van der Waals surface area contributed by atoms with Crippen molar-refractivity contribution in [3.05, 3.63) is 35.9 Å². The van der Waals surface area contributed by atoms with Crippen molar-refractivity contribution in [3.63, 3.8) is 0 Å². The Morgan fingerprint density at radius 1 is 1.45 bits per heavy atom. The quantitative estimate of drug-likeness (QED) is 0.797. The van der Waals surface area contributed by atoms with Gasteiger partial charge in [0.15, 0.2) is 0 Å². The summed E-state index contributed by atoms with van der Waals surface area (Å²) in [7, 11) is 3.51. The number of benzene rings is 1. The van der Waals surface area contributed by atoms with Gasteiger partial charge < -0.3 is 14.4 Å². The van der Waals surface area contributed by atoms with Crippen molar-refractivity contribution in [2.75, 3.05) is 27.4 Å². The zero-order valence-corrected chi connectivity index (χ0v) is 12.2. The van der Waals surface area contributed by atoms with Gasteiger partial charge >= 0.3 is 0 Å². The molecular weight excluding hydrogens is 254 g/mol. The molecule has 0 unspecified atom stereocenters. The van der Waals surface area contributed by atoms with Gasteiger partial charge in [-0.05, 0) is 24.8 Å². The largest absolute Gasteiger partial charge is 0.383 e. The summed E-state index contributed by atoms with van der Waals surface area (Å²) < 4.78 is 10.8. The highest BCUT2D eigenvalue weighted by molar-refractivity contribution is 5.81. The molecule has 1 aromatic carbocycles. The Morgan fingerprint density at radius 3 is 2.80 bits per heavy atom. The van der Waals surface area contributed by atoms with Crippen molar-refractivity contribution in [1.29, 1.82) is 0 Å². The number of rotatable bonds is 6. The highest BCUT2D eigenvalue weighted by Gasteiger charge is 2.30. The Hall–Kier alpha value is -1.39. The molecule has 0 spiro atoms. The van der Waals surface area contributed by atoms with Crippen molar-refractivity contribution < 1.29 is 14.3 Å². The first-order chi connectivity index (χ1) is 9.72. The third-order valence-corrected chi connectivity index (χ3v) is 3.77. The SMILES string of the molecule is COC[C@H](Cc1ccccc1)N(C)C(=O)[C@@H]1CCCO1. The van der Waals surface area contributed by atoms with E-state index in [-0.39, 0.29) is 18.1 Å². The predicted octanol–water partition coefficient (Wildman–Crippen LogP) is 1.88. The van der Waals surface area contributed by atoms with Crippen LogP contribution < -0.4 is 0 Å². The van der Waals surface area contributed by atoms with E-state index < -0.39 is 0 Å². The first-order valence-corrected chi connectivity index (χ1v) is 7.13. The molecule has 1 heterocycles. The van der Waals surface area contributed by atoms with Crippen molar-refractivity contribution in [3.8, 4) is 0 Å². The minimum atomic E-state index is -0.268. The molecule has 1 saturated heterocycles. The molecule has 2 rings (SSSR count). The summed E-state index contributed by atoms with van der Waals surface area (Å²) in [6, 6.07) is 10.2. The van der Waals surface area contributed by atoms with E-state index in [1.807, 2.05) is 25.2 Å². The van der Waals surface area contributed by atoms with Crippen molar-refractivity contribution in [2.45, 2.75) is 31.4 Å². The first-order valence-electron chi connectivity index (χ1n) is 7.13. The molecule has 1 fully saturated rings. The molecule has 0 saturated carbocycles. The second-order valence-corrected chi connectivity index (χ2v) is 5.25. The molecule has 1 aliphatic rings. The molecule has 0 aromatic heterocycles. The van der Waals surface area contributed by atoms with Crippen LogP contribution in [-0.2, 0) is 20.7 Å². The zero-order chi connectivity index (χ0) is 14.4. The lowest BCUT2D eigenvalue weighted by Gasteiger charge is -2.29. The van der Waals surface area contributed by atoms with Crippen LogP contribution in [0.15, 0.2) is 30.3 Å². The summed E-state index contributed by atoms with van der Waals surface area (Å²) in [5, 5.41) is 0. The van der Waals surface area contributed by atoms with Gasteiger partial charge in [-0.15, -0.1) is 0 Å². The Bertz CT molecular complexity index is 415. The Labute approximate surface area is 120 Å². The fourth-order valence-corrected chi connectivity index (χ4v) is 2.57. The lowest BCUT2D eigenvalue weighted by atomic mass is 10.0. The van der Waals surface area contributed by atoms with Crippen LogP contribution in [0.4, 0.5) is 0 Å². The fraction of sp³-hybridized carbons (Fsp3) is 0.562. The van der Waals surface area contributed by atoms with Gasteiger partial charge in [0, 0.05) is 20.8 Å². The van der Waals surface area contributed by atoms with Crippen molar-refractivity contribution in [1.82, 2.24) is 4.90 Å². The molecule has 4 heteroatoms. The predicted molar refractivity (Wildman–Crippen MR) is 77.6 cm³/mol. The van der Waals surface area contributed by atoms with Gasteiger partial charge in [0.25, 0.3) is 5.91 Å². The molecule has 0 N–H and O–H groups in total. The van der Waals surface area contributed by atoms with E-state index in [0.717, 1.165) is 19.3 Å². The van der Waals surface area contributed by atoms with E-state index >= 15 is 0 Å². The van der Waals surface area contributed by atoms with Crippen LogP contribution in [-0.4, -0.2) is 50.3 Å². The van der Waals surface area contributed by atoms with E-state index in [9.17, 15) is 4.79 Å². The molecule has 2 atom stereocenters. The molecule has 0 radical (unpaired) electrons. The summed E-state index contributed by atoms with van der Waals surface area (Å²) in [5.41, 5.74) is 1.21. The van der Waals surface area contributed by atoms with E-state index in [4.69, 9.17) is 9.47 Å². The molecule has 4 nitrogen and oxygen atoms in total. The number of hydrogen-bond acceptors (Lipinski definition) is 3. The van der Waals surface area contributed by atoms with Crippen LogP contribution in [0.25, 0.3) is 0 Å². The number of nitrogens with zero attached hydrogens (tertiary/aromatic N) is 1. The number of amides is 1. The summed E-state index contributed by atoms with van der Waals surface area (Å²) in [6.45, 7) is 1.22. The smallest absolute Gasteiger partial charge is 0.251 e. The fourth-order valence-electron chi connectivity index (χ4n) is 2.57. The van der Waals surface area contributed by atoms with Gasteiger partial charge in [-0.25, -0.2) is 0 Å². The number of hydrogen-bond donors (Lipinski definition) is 0. The van der Waals surface area contributed by atoms with Gasteiger partial charge in [-0.2, -0.15) is 0 Å². The van der Waals surface area contributed by atoms with Crippen LogP contribution >= 0.6 is 0 Å². The maximum Gasteiger partial charge on any atom is 0.251 e. The Morgan fingerprint density at radius 2 is 2.20 bits per heavy atom. The van der Waals surface area contributed by atoms with Crippen molar-refractivity contribution >= 4 is 5.91 Å². The maximum atomic E-state index is 12.4. The van der Waals surface area contributed by atoms with Crippen LogP contribution in [0.3, 0.4) is 0 Å². The van der Waals surface area contributed by atoms with Gasteiger partial charge in [0.1, 0.15) is 6.10 Å². The molecule has 1 aromatic rings. The highest BCUT2D eigenvalue weighted by atomic mass is 16.5. The van der Waals surface area contributed by atoms with E-state index in [1.165, 1.54) is 5.56 Å². The number of carbonyl (C=O) groups is 1. The van der Waals surface area contributed by atoms with E-state index in [0.29, 0.717) is 13.2 Å². The highest BCUT2D eigenvalue weighted by Crippen LogP contribution is 2.17. The lowest BCUT2D eigenvalue weighted by Crippen LogP contribution is -2.45. The second-order valence-electron chi connectivity index (χ2n) is 5.25. The minimum Gasteiger partial charge on any atom is -0.383 e. The monoisotopic (exact) mass is 277 g/mol. The molecule has 20 heavy (non-hydrogen) atoms. The van der Waals surface area contributed by atoms with Gasteiger partial charge in [0.2, 0.25) is 0 Å². The van der Waals surface area contributed by atoms with E-state index in [2.05, 4.69) is 12.1 Å². The summed E-state index contributed by atoms with van der Waals surface area (Å²) in [4.78, 5) is 14.2. The third kappa shape index (κ3) is 3.81. The average Bonchev–Trinajstić information content (AvgIpc) is 3.00. The van der Waals surface area contributed by atoms with E-state index in [1.54, 1.807) is 12.0 Å².